The van der Waals surface area contributed by atoms with Crippen molar-refractivity contribution in [2.24, 2.45) is 0 Å². The smallest absolute Gasteiger partial charge is 0.161 e. The molecule has 0 saturated carbocycles. The van der Waals surface area contributed by atoms with E-state index in [0.29, 0.717) is 0 Å². The van der Waals surface area contributed by atoms with Gasteiger partial charge in [0.15, 0.2) is 8.07 Å². The number of allylic oxidation sites excluding steroid dienone is 4. The van der Waals surface area contributed by atoms with Crippen molar-refractivity contribution in [3.63, 3.8) is 0 Å². The van der Waals surface area contributed by atoms with Crippen LogP contribution in [0.5, 0.6) is 17.2 Å². The number of hydrogen-bond acceptors (Lipinski definition) is 3. The van der Waals surface area contributed by atoms with Crippen molar-refractivity contribution < 1.29 is 14.2 Å². The van der Waals surface area contributed by atoms with Crippen molar-refractivity contribution in [3.8, 4) is 17.2 Å². The molecule has 3 aromatic carbocycles. The molecule has 176 valence electrons. The van der Waals surface area contributed by atoms with Gasteiger partial charge in [-0.25, -0.2) is 0 Å². The van der Waals surface area contributed by atoms with Crippen molar-refractivity contribution in [2.45, 2.75) is 32.7 Å². The second kappa shape index (κ2) is 9.19. The fraction of sp³-hybridized carbons (Fsp3) is 0.267. The van der Waals surface area contributed by atoms with E-state index >= 15 is 0 Å². The Hall–Kier alpha value is -3.24. The predicted molar refractivity (Wildman–Crippen MR) is 144 cm³/mol. The Kier molecular flexibility index (Phi) is 6.46. The summed E-state index contributed by atoms with van der Waals surface area (Å²) in [6.07, 6.45) is 2.50. The lowest BCUT2D eigenvalue weighted by molar-refractivity contribution is 0.415. The van der Waals surface area contributed by atoms with E-state index in [1.165, 1.54) is 32.3 Å². The van der Waals surface area contributed by atoms with Gasteiger partial charge in [0, 0.05) is 5.04 Å². The van der Waals surface area contributed by atoms with E-state index in [1.54, 1.807) is 21.3 Å². The predicted octanol–water partition coefficient (Wildman–Crippen LogP) is 5.24. The van der Waals surface area contributed by atoms with Crippen LogP contribution in [0.1, 0.15) is 27.7 Å². The molecule has 3 nitrogen and oxygen atoms in total. The fourth-order valence-corrected chi connectivity index (χ4v) is 11.6. The van der Waals surface area contributed by atoms with Crippen LogP contribution in [0.3, 0.4) is 0 Å². The summed E-state index contributed by atoms with van der Waals surface area (Å²) in [5.41, 5.74) is 4.17. The van der Waals surface area contributed by atoms with Crippen LogP contribution in [0.25, 0.3) is 0 Å². The fourth-order valence-electron chi connectivity index (χ4n) is 5.65. The van der Waals surface area contributed by atoms with E-state index in [-0.39, 0.29) is 5.04 Å². The van der Waals surface area contributed by atoms with Gasteiger partial charge in [-0.3, -0.25) is 0 Å². The van der Waals surface area contributed by atoms with E-state index in [4.69, 9.17) is 14.2 Å². The number of ether oxygens (including phenoxy) is 3. The molecule has 0 saturated heterocycles. The van der Waals surface area contributed by atoms with Crippen molar-refractivity contribution in [3.05, 3.63) is 95.6 Å². The third-order valence-corrected chi connectivity index (χ3v) is 13.5. The van der Waals surface area contributed by atoms with Gasteiger partial charge in [-0.05, 0) is 78.3 Å². The molecule has 4 heteroatoms. The Bertz CT molecular complexity index is 1110. The Morgan fingerprint density at radius 1 is 0.559 bits per heavy atom. The van der Waals surface area contributed by atoms with E-state index in [2.05, 4.69) is 107 Å². The number of hydrogen-bond donors (Lipinski definition) is 0. The standard InChI is InChI=1S/C30H34O3Si/c1-21-20-30(4,23(3)22(21)2)34(27-14-8-24(31-5)9-15-27,28-16-10-25(32-6)11-17-28)29-18-12-26(33-7)13-19-29/h8-20H,1-7H3. The maximum absolute atomic E-state index is 5.52. The summed E-state index contributed by atoms with van der Waals surface area (Å²) in [6.45, 7) is 9.22. The van der Waals surface area contributed by atoms with Crippen molar-refractivity contribution in [2.75, 3.05) is 21.3 Å². The summed E-state index contributed by atoms with van der Waals surface area (Å²) in [5.74, 6) is 2.59. The Morgan fingerprint density at radius 2 is 0.882 bits per heavy atom. The molecule has 34 heavy (non-hydrogen) atoms. The summed E-state index contributed by atoms with van der Waals surface area (Å²) in [4.78, 5) is 0. The third kappa shape index (κ3) is 3.57. The van der Waals surface area contributed by atoms with Crippen LogP contribution < -0.4 is 29.8 Å². The molecule has 0 fully saturated rings. The molecular weight excluding hydrogens is 436 g/mol. The molecule has 4 rings (SSSR count). The van der Waals surface area contributed by atoms with Gasteiger partial charge in [-0.15, -0.1) is 0 Å². The average Bonchev–Trinajstić information content (AvgIpc) is 3.08. The van der Waals surface area contributed by atoms with Crippen molar-refractivity contribution >= 4 is 23.6 Å². The summed E-state index contributed by atoms with van der Waals surface area (Å²) >= 11 is 0. The maximum atomic E-state index is 5.52. The van der Waals surface area contributed by atoms with Gasteiger partial charge in [-0.1, -0.05) is 60.5 Å². The molecule has 0 aliphatic heterocycles. The first-order valence-electron chi connectivity index (χ1n) is 11.6. The van der Waals surface area contributed by atoms with E-state index < -0.39 is 8.07 Å². The van der Waals surface area contributed by atoms with Gasteiger partial charge < -0.3 is 14.2 Å². The zero-order valence-electron chi connectivity index (χ0n) is 21.2. The zero-order valence-corrected chi connectivity index (χ0v) is 22.2. The lowest BCUT2D eigenvalue weighted by Crippen LogP contribution is -2.73. The highest BCUT2D eigenvalue weighted by Gasteiger charge is 2.56. The first kappa shape index (κ1) is 23.9. The van der Waals surface area contributed by atoms with Crippen LogP contribution in [0, 0.1) is 0 Å². The molecule has 0 amide bonds. The normalized spacial score (nSPS) is 18.0. The van der Waals surface area contributed by atoms with E-state index in [9.17, 15) is 0 Å². The second-order valence-electron chi connectivity index (χ2n) is 9.22. The van der Waals surface area contributed by atoms with Crippen LogP contribution in [-0.4, -0.2) is 29.4 Å². The summed E-state index contributed by atoms with van der Waals surface area (Å²) in [6, 6.07) is 26.1. The van der Waals surface area contributed by atoms with Crippen LogP contribution in [0.15, 0.2) is 95.6 Å². The minimum atomic E-state index is -2.67. The van der Waals surface area contributed by atoms with Gasteiger partial charge in [0.2, 0.25) is 0 Å². The number of rotatable bonds is 7. The first-order chi connectivity index (χ1) is 16.3. The molecule has 1 aliphatic rings. The molecule has 1 unspecified atom stereocenters. The Labute approximate surface area is 204 Å². The van der Waals surface area contributed by atoms with Gasteiger partial charge in [0.25, 0.3) is 0 Å². The maximum Gasteiger partial charge on any atom is 0.161 e. The van der Waals surface area contributed by atoms with Gasteiger partial charge in [-0.2, -0.15) is 0 Å². The van der Waals surface area contributed by atoms with Crippen molar-refractivity contribution in [1.82, 2.24) is 0 Å². The van der Waals surface area contributed by atoms with Crippen LogP contribution in [0.4, 0.5) is 0 Å². The molecule has 0 aromatic heterocycles. The average molecular weight is 471 g/mol. The van der Waals surface area contributed by atoms with Crippen molar-refractivity contribution in [1.29, 1.82) is 0 Å². The molecule has 0 heterocycles. The molecule has 0 bridgehead atoms. The van der Waals surface area contributed by atoms with Gasteiger partial charge in [0.05, 0.1) is 21.3 Å². The molecule has 1 aliphatic carbocycles. The number of benzene rings is 3. The molecule has 0 spiro atoms. The summed E-state index contributed by atoms with van der Waals surface area (Å²) in [7, 11) is 2.48. The van der Waals surface area contributed by atoms with Gasteiger partial charge in [0.1, 0.15) is 17.2 Å². The Balaban J connectivity index is 2.14. The number of methoxy groups -OCH3 is 3. The largest absolute Gasteiger partial charge is 0.497 e. The molecule has 0 N–H and O–H groups in total. The third-order valence-electron chi connectivity index (χ3n) is 7.79. The van der Waals surface area contributed by atoms with Crippen LogP contribution in [0.2, 0.25) is 5.04 Å². The highest BCUT2D eigenvalue weighted by Crippen LogP contribution is 2.52. The molecule has 0 radical (unpaired) electrons. The monoisotopic (exact) mass is 470 g/mol. The quantitative estimate of drug-likeness (QED) is 0.349. The van der Waals surface area contributed by atoms with E-state index in [1.807, 2.05) is 0 Å². The molecule has 3 aromatic rings. The minimum Gasteiger partial charge on any atom is -0.497 e. The summed E-state index contributed by atoms with van der Waals surface area (Å²) in [5, 5.41) is 3.84. The highest BCUT2D eigenvalue weighted by atomic mass is 28.3. The zero-order chi connectivity index (χ0) is 24.5. The first-order valence-corrected chi connectivity index (χ1v) is 13.6. The molecular formula is C30H34O3Si. The minimum absolute atomic E-state index is 0.168. The van der Waals surface area contributed by atoms with Crippen LogP contribution >= 0.6 is 0 Å². The SMILES string of the molecule is COc1ccc([Si](c2ccc(OC)cc2)(c2ccc(OC)cc2)C2(C)C=C(C)C(C)=C2C)cc1. The molecule has 1 atom stereocenters. The van der Waals surface area contributed by atoms with Crippen LogP contribution in [-0.2, 0) is 0 Å². The lowest BCUT2D eigenvalue weighted by atomic mass is 10.0. The lowest BCUT2D eigenvalue weighted by Gasteiger charge is -2.47. The summed E-state index contributed by atoms with van der Waals surface area (Å²) < 4.78 is 16.6. The van der Waals surface area contributed by atoms with E-state index in [0.717, 1.165) is 17.2 Å². The Morgan fingerprint density at radius 3 is 1.12 bits per heavy atom. The second-order valence-corrected chi connectivity index (χ2v) is 13.5. The topological polar surface area (TPSA) is 27.7 Å². The van der Waals surface area contributed by atoms with Gasteiger partial charge >= 0.3 is 0 Å². The highest BCUT2D eigenvalue weighted by molar-refractivity contribution is 7.14.